The van der Waals surface area contributed by atoms with Gasteiger partial charge < -0.3 is 10.2 Å². The van der Waals surface area contributed by atoms with Crippen molar-refractivity contribution in [1.82, 2.24) is 9.88 Å². The van der Waals surface area contributed by atoms with Gasteiger partial charge in [-0.15, -0.1) is 0 Å². The molecule has 1 N–H and O–H groups in total. The molecule has 1 saturated heterocycles. The number of rotatable bonds is 3. The zero-order chi connectivity index (χ0) is 14.1. The van der Waals surface area contributed by atoms with E-state index in [9.17, 15) is 0 Å². The van der Waals surface area contributed by atoms with E-state index in [2.05, 4.69) is 52.1 Å². The maximum Gasteiger partial charge on any atom is 0.183 e. The van der Waals surface area contributed by atoms with Gasteiger partial charge in [-0.3, -0.25) is 4.90 Å². The molecule has 2 heterocycles. The van der Waals surface area contributed by atoms with Gasteiger partial charge >= 0.3 is 0 Å². The quantitative estimate of drug-likeness (QED) is 0.942. The lowest BCUT2D eigenvalue weighted by atomic mass is 10.2. The molecular formula is C15H22N4S. The Morgan fingerprint density at radius 3 is 2.60 bits per heavy atom. The van der Waals surface area contributed by atoms with Gasteiger partial charge in [0.25, 0.3) is 0 Å². The van der Waals surface area contributed by atoms with E-state index in [-0.39, 0.29) is 0 Å². The molecule has 1 aromatic carbocycles. The second-order valence-corrected chi connectivity index (χ2v) is 6.57. The van der Waals surface area contributed by atoms with Gasteiger partial charge in [0, 0.05) is 45.0 Å². The van der Waals surface area contributed by atoms with Crippen LogP contribution in [-0.4, -0.2) is 49.2 Å². The highest BCUT2D eigenvalue weighted by Gasteiger charge is 2.19. The lowest BCUT2D eigenvalue weighted by Crippen LogP contribution is -2.48. The summed E-state index contributed by atoms with van der Waals surface area (Å²) in [6.45, 7) is 9.08. The van der Waals surface area contributed by atoms with Crippen LogP contribution < -0.4 is 10.2 Å². The number of piperazine rings is 1. The van der Waals surface area contributed by atoms with Crippen molar-refractivity contribution in [2.75, 3.05) is 43.4 Å². The van der Waals surface area contributed by atoms with Gasteiger partial charge in [-0.1, -0.05) is 11.3 Å². The van der Waals surface area contributed by atoms with Crippen LogP contribution in [-0.2, 0) is 0 Å². The Labute approximate surface area is 124 Å². The second kappa shape index (κ2) is 5.58. The molecule has 3 rings (SSSR count). The molecule has 5 heteroatoms. The van der Waals surface area contributed by atoms with E-state index >= 15 is 0 Å². The molecule has 108 valence electrons. The third-order valence-corrected chi connectivity index (χ3v) is 5.03. The Bertz CT molecular complexity index is 585. The minimum atomic E-state index is 0.652. The third kappa shape index (κ3) is 2.60. The van der Waals surface area contributed by atoms with Crippen molar-refractivity contribution in [3.63, 3.8) is 0 Å². The number of nitrogens with zero attached hydrogens (tertiary/aromatic N) is 3. The maximum atomic E-state index is 4.53. The molecule has 0 bridgehead atoms. The first-order valence-corrected chi connectivity index (χ1v) is 8.06. The molecule has 0 aliphatic carbocycles. The summed E-state index contributed by atoms with van der Waals surface area (Å²) in [5.41, 5.74) is 2.41. The van der Waals surface area contributed by atoms with Crippen molar-refractivity contribution >= 4 is 32.4 Å². The number of hydrogen-bond donors (Lipinski definition) is 1. The molecule has 1 aliphatic rings. The summed E-state index contributed by atoms with van der Waals surface area (Å²) in [5.74, 6) is 0. The zero-order valence-corrected chi connectivity index (χ0v) is 13.2. The number of nitrogens with one attached hydrogen (secondary N) is 1. The van der Waals surface area contributed by atoms with Gasteiger partial charge in [0.05, 0.1) is 10.2 Å². The van der Waals surface area contributed by atoms with Crippen LogP contribution in [0.3, 0.4) is 0 Å². The van der Waals surface area contributed by atoms with Crippen LogP contribution >= 0.6 is 11.3 Å². The summed E-state index contributed by atoms with van der Waals surface area (Å²) in [5, 5.41) is 4.11. The van der Waals surface area contributed by atoms with Crippen LogP contribution in [0.2, 0.25) is 0 Å². The van der Waals surface area contributed by atoms with Crippen LogP contribution in [0.25, 0.3) is 10.2 Å². The van der Waals surface area contributed by atoms with Gasteiger partial charge in [0.2, 0.25) is 0 Å². The molecule has 0 radical (unpaired) electrons. The molecule has 4 nitrogen and oxygen atoms in total. The van der Waals surface area contributed by atoms with Crippen LogP contribution in [0.5, 0.6) is 0 Å². The van der Waals surface area contributed by atoms with Gasteiger partial charge in [-0.25, -0.2) is 4.98 Å². The molecule has 20 heavy (non-hydrogen) atoms. The summed E-state index contributed by atoms with van der Waals surface area (Å²) in [4.78, 5) is 9.56. The lowest BCUT2D eigenvalue weighted by Gasteiger charge is -2.38. The molecule has 0 amide bonds. The Hall–Kier alpha value is -1.33. The zero-order valence-electron chi connectivity index (χ0n) is 12.4. The van der Waals surface area contributed by atoms with Gasteiger partial charge in [0.15, 0.2) is 5.13 Å². The van der Waals surface area contributed by atoms with Crippen molar-refractivity contribution in [3.8, 4) is 0 Å². The predicted octanol–water partition coefficient (Wildman–Crippen LogP) is 2.87. The minimum Gasteiger partial charge on any atom is -0.369 e. The normalized spacial score (nSPS) is 17.1. The second-order valence-electron chi connectivity index (χ2n) is 5.54. The average molecular weight is 290 g/mol. The van der Waals surface area contributed by atoms with Crippen LogP contribution in [0.1, 0.15) is 13.8 Å². The highest BCUT2D eigenvalue weighted by molar-refractivity contribution is 7.22. The highest BCUT2D eigenvalue weighted by atomic mass is 32.1. The van der Waals surface area contributed by atoms with Gasteiger partial charge in [-0.2, -0.15) is 0 Å². The minimum absolute atomic E-state index is 0.652. The monoisotopic (exact) mass is 290 g/mol. The van der Waals surface area contributed by atoms with E-state index in [1.807, 2.05) is 7.05 Å². The number of benzene rings is 1. The highest BCUT2D eigenvalue weighted by Crippen LogP contribution is 2.29. The topological polar surface area (TPSA) is 31.4 Å². The molecule has 0 saturated carbocycles. The fourth-order valence-electron chi connectivity index (χ4n) is 2.71. The van der Waals surface area contributed by atoms with Crippen LogP contribution in [0.15, 0.2) is 18.2 Å². The first-order chi connectivity index (χ1) is 9.67. The molecular weight excluding hydrogens is 268 g/mol. The van der Waals surface area contributed by atoms with E-state index in [1.165, 1.54) is 10.4 Å². The molecule has 0 unspecified atom stereocenters. The Balaban J connectivity index is 1.77. The van der Waals surface area contributed by atoms with Gasteiger partial charge in [0.1, 0.15) is 0 Å². The largest absolute Gasteiger partial charge is 0.369 e. The number of fused-ring (bicyclic) bond motifs is 1. The van der Waals surface area contributed by atoms with Crippen LogP contribution in [0, 0.1) is 0 Å². The molecule has 0 atom stereocenters. The van der Waals surface area contributed by atoms with Crippen molar-refractivity contribution in [1.29, 1.82) is 0 Å². The average Bonchev–Trinajstić information content (AvgIpc) is 2.89. The molecule has 0 spiro atoms. The van der Waals surface area contributed by atoms with Crippen molar-refractivity contribution in [3.05, 3.63) is 18.2 Å². The Morgan fingerprint density at radius 2 is 1.95 bits per heavy atom. The van der Waals surface area contributed by atoms with Crippen LogP contribution in [0.4, 0.5) is 10.8 Å². The Kier molecular flexibility index (Phi) is 3.81. The third-order valence-electron chi connectivity index (χ3n) is 4.00. The van der Waals surface area contributed by atoms with E-state index in [0.29, 0.717) is 6.04 Å². The fraction of sp³-hybridized carbons (Fsp3) is 0.533. The maximum absolute atomic E-state index is 4.53. The number of thiazole rings is 1. The first-order valence-electron chi connectivity index (χ1n) is 7.24. The van der Waals surface area contributed by atoms with E-state index in [0.717, 1.165) is 36.8 Å². The summed E-state index contributed by atoms with van der Waals surface area (Å²) >= 11 is 1.72. The van der Waals surface area contributed by atoms with Gasteiger partial charge in [-0.05, 0) is 32.0 Å². The molecule has 1 fully saturated rings. The first kappa shape index (κ1) is 13.6. The number of anilines is 2. The molecule has 1 aliphatic heterocycles. The Morgan fingerprint density at radius 1 is 1.20 bits per heavy atom. The number of aromatic nitrogens is 1. The standard InChI is InChI=1S/C15H22N4S/c1-11(2)18-6-8-19(9-7-18)12-4-5-13-14(10-12)20-15(16-3)17-13/h4-5,10-11H,6-9H2,1-3H3,(H,16,17). The summed E-state index contributed by atoms with van der Waals surface area (Å²) in [6.07, 6.45) is 0. The fourth-order valence-corrected chi connectivity index (χ4v) is 3.57. The van der Waals surface area contributed by atoms with Crippen molar-refractivity contribution in [2.24, 2.45) is 0 Å². The van der Waals surface area contributed by atoms with Crippen molar-refractivity contribution in [2.45, 2.75) is 19.9 Å². The SMILES string of the molecule is CNc1nc2ccc(N3CCN(C(C)C)CC3)cc2s1. The predicted molar refractivity (Wildman–Crippen MR) is 88.1 cm³/mol. The molecule has 2 aromatic rings. The van der Waals surface area contributed by atoms with Crippen molar-refractivity contribution < 1.29 is 0 Å². The lowest BCUT2D eigenvalue weighted by molar-refractivity contribution is 0.209. The summed E-state index contributed by atoms with van der Waals surface area (Å²) in [6, 6.07) is 7.27. The van der Waals surface area contributed by atoms with E-state index < -0.39 is 0 Å². The smallest absolute Gasteiger partial charge is 0.183 e. The van der Waals surface area contributed by atoms with E-state index in [1.54, 1.807) is 11.3 Å². The summed E-state index contributed by atoms with van der Waals surface area (Å²) < 4.78 is 1.26. The summed E-state index contributed by atoms with van der Waals surface area (Å²) in [7, 11) is 1.92. The van der Waals surface area contributed by atoms with E-state index in [4.69, 9.17) is 0 Å². The number of hydrogen-bond acceptors (Lipinski definition) is 5. The molecule has 1 aromatic heterocycles.